The summed E-state index contributed by atoms with van der Waals surface area (Å²) in [7, 11) is -0.728. The van der Waals surface area contributed by atoms with E-state index in [0.29, 0.717) is 11.5 Å². The van der Waals surface area contributed by atoms with E-state index in [1.165, 1.54) is 12.1 Å². The van der Waals surface area contributed by atoms with E-state index in [0.717, 1.165) is 5.56 Å². The molecule has 8 heteroatoms. The van der Waals surface area contributed by atoms with Crippen molar-refractivity contribution < 1.29 is 22.7 Å². The van der Waals surface area contributed by atoms with Crippen LogP contribution in [-0.4, -0.2) is 28.5 Å². The molecule has 0 aliphatic carbocycles. The van der Waals surface area contributed by atoms with Gasteiger partial charge in [-0.3, -0.25) is 9.52 Å². The van der Waals surface area contributed by atoms with Crippen LogP contribution in [0, 0.1) is 0 Å². The molecule has 3 aromatic rings. The fraction of sp³-hybridized carbons (Fsp3) is 0.174. The third-order valence-electron chi connectivity index (χ3n) is 4.72. The number of carbonyl (C=O) groups excluding carboxylic acids is 1. The Labute approximate surface area is 182 Å². The summed E-state index contributed by atoms with van der Waals surface area (Å²) in [5.74, 6) is 0.809. The molecule has 2 N–H and O–H groups in total. The molecule has 0 spiro atoms. The molecule has 1 atom stereocenters. The van der Waals surface area contributed by atoms with E-state index in [2.05, 4.69) is 10.0 Å². The van der Waals surface area contributed by atoms with Gasteiger partial charge in [-0.15, -0.1) is 0 Å². The summed E-state index contributed by atoms with van der Waals surface area (Å²) in [4.78, 5) is 13.1. The maximum atomic E-state index is 13.0. The second-order valence-electron chi connectivity index (χ2n) is 6.77. The second kappa shape index (κ2) is 9.53. The number of benzene rings is 3. The lowest BCUT2D eigenvalue weighted by molar-refractivity contribution is 0.0940. The van der Waals surface area contributed by atoms with Gasteiger partial charge in [0.2, 0.25) is 0 Å². The normalized spacial score (nSPS) is 12.0. The van der Waals surface area contributed by atoms with E-state index < -0.39 is 22.0 Å². The van der Waals surface area contributed by atoms with Gasteiger partial charge in [0, 0.05) is 5.56 Å². The van der Waals surface area contributed by atoms with E-state index in [1.807, 2.05) is 6.92 Å². The summed E-state index contributed by atoms with van der Waals surface area (Å²) in [6, 6.07) is 19.3. The third-order valence-corrected chi connectivity index (χ3v) is 6.10. The van der Waals surface area contributed by atoms with Gasteiger partial charge >= 0.3 is 0 Å². The molecule has 0 saturated carbocycles. The van der Waals surface area contributed by atoms with Crippen LogP contribution in [0.3, 0.4) is 0 Å². The number of amides is 1. The van der Waals surface area contributed by atoms with Crippen molar-refractivity contribution in [2.75, 3.05) is 18.9 Å². The molecule has 0 aliphatic heterocycles. The number of methoxy groups -OCH3 is 2. The zero-order chi connectivity index (χ0) is 22.4. The maximum absolute atomic E-state index is 13.0. The number of para-hydroxylation sites is 1. The van der Waals surface area contributed by atoms with E-state index in [9.17, 15) is 13.2 Å². The van der Waals surface area contributed by atoms with Crippen LogP contribution in [0.1, 0.15) is 28.9 Å². The Balaban J connectivity index is 1.85. The number of rotatable bonds is 8. The van der Waals surface area contributed by atoms with Crippen molar-refractivity contribution in [2.45, 2.75) is 17.9 Å². The minimum absolute atomic E-state index is 0.111. The Morgan fingerprint density at radius 3 is 2.26 bits per heavy atom. The van der Waals surface area contributed by atoms with Gasteiger partial charge in [-0.05, 0) is 49.4 Å². The fourth-order valence-electron chi connectivity index (χ4n) is 3.10. The summed E-state index contributed by atoms with van der Waals surface area (Å²) in [5, 5.41) is 2.90. The van der Waals surface area contributed by atoms with Gasteiger partial charge in [0.25, 0.3) is 15.9 Å². The predicted octanol–water partition coefficient (Wildman–Crippen LogP) is 4.00. The summed E-state index contributed by atoms with van der Waals surface area (Å²) in [6.07, 6.45) is 0. The first-order valence-electron chi connectivity index (χ1n) is 9.55. The first kappa shape index (κ1) is 22.2. The van der Waals surface area contributed by atoms with Crippen LogP contribution >= 0.6 is 0 Å². The average Bonchev–Trinajstić information content (AvgIpc) is 2.79. The van der Waals surface area contributed by atoms with E-state index in [1.54, 1.807) is 74.9 Å². The third kappa shape index (κ3) is 5.16. The van der Waals surface area contributed by atoms with E-state index in [-0.39, 0.29) is 16.1 Å². The van der Waals surface area contributed by atoms with Gasteiger partial charge < -0.3 is 14.8 Å². The Kier molecular flexibility index (Phi) is 6.81. The predicted molar refractivity (Wildman–Crippen MR) is 119 cm³/mol. The minimum Gasteiger partial charge on any atom is -0.497 e. The molecule has 0 bridgehead atoms. The quantitative estimate of drug-likeness (QED) is 0.552. The molecule has 162 valence electrons. The standard InChI is InChI=1S/C23H24N2O5S/c1-16(20-15-17(29-2)13-14-22(20)30-3)24-23(26)19-11-7-8-12-21(19)25-31(27,28)18-9-5-4-6-10-18/h4-16,25H,1-3H3,(H,24,26). The zero-order valence-electron chi connectivity index (χ0n) is 17.5. The number of ether oxygens (including phenoxy) is 2. The van der Waals surface area contributed by atoms with Crippen LogP contribution in [0.2, 0.25) is 0 Å². The molecule has 0 saturated heterocycles. The topological polar surface area (TPSA) is 93.7 Å². The van der Waals surface area contributed by atoms with Gasteiger partial charge in [0.05, 0.1) is 36.4 Å². The van der Waals surface area contributed by atoms with Gasteiger partial charge in [-0.1, -0.05) is 30.3 Å². The lowest BCUT2D eigenvalue weighted by Crippen LogP contribution is -2.28. The van der Waals surface area contributed by atoms with Crippen molar-refractivity contribution in [3.8, 4) is 11.5 Å². The lowest BCUT2D eigenvalue weighted by atomic mass is 10.1. The molecule has 31 heavy (non-hydrogen) atoms. The minimum atomic E-state index is -3.84. The maximum Gasteiger partial charge on any atom is 0.261 e. The molecule has 1 amide bonds. The number of anilines is 1. The van der Waals surface area contributed by atoms with Crippen molar-refractivity contribution in [3.63, 3.8) is 0 Å². The largest absolute Gasteiger partial charge is 0.497 e. The van der Waals surface area contributed by atoms with E-state index >= 15 is 0 Å². The van der Waals surface area contributed by atoms with Crippen molar-refractivity contribution in [1.82, 2.24) is 5.32 Å². The zero-order valence-corrected chi connectivity index (χ0v) is 18.3. The van der Waals surface area contributed by atoms with Crippen LogP contribution in [0.25, 0.3) is 0 Å². The second-order valence-corrected chi connectivity index (χ2v) is 8.45. The molecule has 0 heterocycles. The smallest absolute Gasteiger partial charge is 0.261 e. The summed E-state index contributed by atoms with van der Waals surface area (Å²) in [5.41, 5.74) is 1.13. The first-order valence-corrected chi connectivity index (χ1v) is 11.0. The van der Waals surface area contributed by atoms with Gasteiger partial charge in [0.1, 0.15) is 11.5 Å². The first-order chi connectivity index (χ1) is 14.9. The number of hydrogen-bond acceptors (Lipinski definition) is 5. The average molecular weight is 441 g/mol. The van der Waals surface area contributed by atoms with E-state index in [4.69, 9.17) is 9.47 Å². The highest BCUT2D eigenvalue weighted by Gasteiger charge is 2.21. The Hall–Kier alpha value is -3.52. The molecule has 0 radical (unpaired) electrons. The number of sulfonamides is 1. The number of hydrogen-bond donors (Lipinski definition) is 2. The van der Waals surface area contributed by atoms with Gasteiger partial charge in [-0.25, -0.2) is 8.42 Å². The summed E-state index contributed by atoms with van der Waals surface area (Å²) in [6.45, 7) is 1.81. The highest BCUT2D eigenvalue weighted by molar-refractivity contribution is 7.92. The highest BCUT2D eigenvalue weighted by Crippen LogP contribution is 2.30. The van der Waals surface area contributed by atoms with Crippen LogP contribution in [-0.2, 0) is 10.0 Å². The molecule has 0 aliphatic rings. The molecule has 0 aromatic heterocycles. The molecule has 1 unspecified atom stereocenters. The van der Waals surface area contributed by atoms with Crippen molar-refractivity contribution in [2.24, 2.45) is 0 Å². The summed E-state index contributed by atoms with van der Waals surface area (Å²) >= 11 is 0. The molecule has 0 fully saturated rings. The molecule has 3 aromatic carbocycles. The SMILES string of the molecule is COc1ccc(OC)c(C(C)NC(=O)c2ccccc2NS(=O)(=O)c2ccccc2)c1. The molecule has 3 rings (SSSR count). The van der Waals surface area contributed by atoms with Crippen LogP contribution in [0.4, 0.5) is 5.69 Å². The molecule has 7 nitrogen and oxygen atoms in total. The van der Waals surface area contributed by atoms with Crippen LogP contribution in [0.5, 0.6) is 11.5 Å². The van der Waals surface area contributed by atoms with Crippen LogP contribution < -0.4 is 19.5 Å². The Morgan fingerprint density at radius 1 is 0.903 bits per heavy atom. The Bertz CT molecular complexity index is 1160. The van der Waals surface area contributed by atoms with Crippen molar-refractivity contribution in [1.29, 1.82) is 0 Å². The molecular formula is C23H24N2O5S. The Morgan fingerprint density at radius 2 is 1.58 bits per heavy atom. The molecular weight excluding hydrogens is 416 g/mol. The monoisotopic (exact) mass is 440 g/mol. The highest BCUT2D eigenvalue weighted by atomic mass is 32.2. The fourth-order valence-corrected chi connectivity index (χ4v) is 4.20. The summed E-state index contributed by atoms with van der Waals surface area (Å²) < 4.78 is 38.6. The number of nitrogens with one attached hydrogen (secondary N) is 2. The number of carbonyl (C=O) groups is 1. The van der Waals surface area contributed by atoms with Crippen LogP contribution in [0.15, 0.2) is 77.7 Å². The van der Waals surface area contributed by atoms with Crippen molar-refractivity contribution >= 4 is 21.6 Å². The van der Waals surface area contributed by atoms with Crippen molar-refractivity contribution in [3.05, 3.63) is 83.9 Å². The lowest BCUT2D eigenvalue weighted by Gasteiger charge is -2.19. The van der Waals surface area contributed by atoms with Gasteiger partial charge in [0.15, 0.2) is 0 Å². The van der Waals surface area contributed by atoms with Gasteiger partial charge in [-0.2, -0.15) is 0 Å².